The van der Waals surface area contributed by atoms with E-state index in [1.54, 1.807) is 21.0 Å². The van der Waals surface area contributed by atoms with E-state index in [-0.39, 0.29) is 24.9 Å². The molecule has 1 N–H and O–H groups in total. The van der Waals surface area contributed by atoms with Crippen molar-refractivity contribution in [1.82, 2.24) is 10.2 Å². The number of imide groups is 1. The second-order valence-corrected chi connectivity index (χ2v) is 5.12. The van der Waals surface area contributed by atoms with Gasteiger partial charge in [-0.05, 0) is 31.5 Å². The first-order valence-electron chi connectivity index (χ1n) is 6.17. The average Bonchev–Trinajstić information content (AvgIpc) is 2.40. The first-order chi connectivity index (χ1) is 8.94. The van der Waals surface area contributed by atoms with Gasteiger partial charge in [-0.2, -0.15) is 0 Å². The second kappa shape index (κ2) is 5.01. The molecular weight excluding hydrogens is 244 g/mol. The summed E-state index contributed by atoms with van der Waals surface area (Å²) in [7, 11) is 1.59. The van der Waals surface area contributed by atoms with Crippen LogP contribution in [0.2, 0.25) is 0 Å². The monoisotopic (exact) mass is 262 g/mol. The van der Waals surface area contributed by atoms with E-state index in [0.29, 0.717) is 5.75 Å². The molecule has 1 aliphatic rings. The Kier molecular flexibility index (Phi) is 3.57. The van der Waals surface area contributed by atoms with E-state index in [2.05, 4.69) is 5.32 Å². The van der Waals surface area contributed by atoms with Crippen molar-refractivity contribution in [2.24, 2.45) is 0 Å². The van der Waals surface area contributed by atoms with Crippen molar-refractivity contribution in [2.75, 3.05) is 13.7 Å². The summed E-state index contributed by atoms with van der Waals surface area (Å²) in [6.07, 6.45) is 0. The molecule has 102 valence electrons. The van der Waals surface area contributed by atoms with Crippen LogP contribution in [0.25, 0.3) is 0 Å². The number of ether oxygens (including phenoxy) is 1. The maximum absolute atomic E-state index is 12.2. The summed E-state index contributed by atoms with van der Waals surface area (Å²) in [5.41, 5.74) is 0.172. The van der Waals surface area contributed by atoms with Gasteiger partial charge in [0.15, 0.2) is 0 Å². The Hall–Kier alpha value is -1.88. The summed E-state index contributed by atoms with van der Waals surface area (Å²) in [6.45, 7) is 4.02. The summed E-state index contributed by atoms with van der Waals surface area (Å²) in [5, 5.41) is 2.93. The number of piperazine rings is 1. The van der Waals surface area contributed by atoms with Crippen LogP contribution >= 0.6 is 0 Å². The SMILES string of the molecule is COc1cccc(CN2C(=O)CNC(C)(C)C2=O)c1. The molecule has 0 radical (unpaired) electrons. The number of nitrogens with one attached hydrogen (secondary N) is 1. The van der Waals surface area contributed by atoms with Crippen LogP contribution in [0.15, 0.2) is 24.3 Å². The number of nitrogens with zero attached hydrogens (tertiary/aromatic N) is 1. The van der Waals surface area contributed by atoms with Gasteiger partial charge in [0, 0.05) is 0 Å². The first kappa shape index (κ1) is 13.5. The van der Waals surface area contributed by atoms with Crippen LogP contribution in [-0.4, -0.2) is 35.9 Å². The minimum absolute atomic E-state index is 0.183. The fraction of sp³-hybridized carbons (Fsp3) is 0.429. The number of carbonyl (C=O) groups is 2. The third-order valence-corrected chi connectivity index (χ3v) is 3.24. The molecule has 5 nitrogen and oxygen atoms in total. The predicted molar refractivity (Wildman–Crippen MR) is 70.6 cm³/mol. The minimum Gasteiger partial charge on any atom is -0.497 e. The highest BCUT2D eigenvalue weighted by molar-refractivity contribution is 6.02. The van der Waals surface area contributed by atoms with Gasteiger partial charge < -0.3 is 4.74 Å². The molecule has 0 saturated carbocycles. The second-order valence-electron chi connectivity index (χ2n) is 5.12. The van der Waals surface area contributed by atoms with E-state index in [1.807, 2.05) is 24.3 Å². The van der Waals surface area contributed by atoms with Crippen LogP contribution in [0.3, 0.4) is 0 Å². The maximum atomic E-state index is 12.2. The Morgan fingerprint density at radius 2 is 2.11 bits per heavy atom. The van der Waals surface area contributed by atoms with Crippen LogP contribution in [0.1, 0.15) is 19.4 Å². The fourth-order valence-electron chi connectivity index (χ4n) is 2.03. The molecule has 1 aliphatic heterocycles. The van der Waals surface area contributed by atoms with E-state index in [0.717, 1.165) is 5.56 Å². The van der Waals surface area contributed by atoms with Crippen molar-refractivity contribution in [2.45, 2.75) is 25.9 Å². The molecule has 0 unspecified atom stereocenters. The zero-order valence-electron chi connectivity index (χ0n) is 11.4. The molecule has 0 aromatic heterocycles. The third kappa shape index (κ3) is 2.76. The quantitative estimate of drug-likeness (QED) is 0.823. The van der Waals surface area contributed by atoms with Gasteiger partial charge in [-0.15, -0.1) is 0 Å². The van der Waals surface area contributed by atoms with E-state index in [1.165, 1.54) is 4.90 Å². The Balaban J connectivity index is 2.20. The molecule has 1 aromatic carbocycles. The average molecular weight is 262 g/mol. The molecule has 1 heterocycles. The summed E-state index contributed by atoms with van der Waals surface area (Å²) in [4.78, 5) is 25.4. The molecule has 5 heteroatoms. The van der Waals surface area contributed by atoms with Gasteiger partial charge in [0.1, 0.15) is 5.75 Å². The highest BCUT2D eigenvalue weighted by atomic mass is 16.5. The van der Waals surface area contributed by atoms with Crippen LogP contribution in [-0.2, 0) is 16.1 Å². The van der Waals surface area contributed by atoms with Gasteiger partial charge in [0.25, 0.3) is 0 Å². The first-order valence-corrected chi connectivity index (χ1v) is 6.17. The Bertz CT molecular complexity index is 511. The molecule has 19 heavy (non-hydrogen) atoms. The molecule has 1 aromatic rings. The number of rotatable bonds is 3. The molecule has 1 fully saturated rings. The highest BCUT2D eigenvalue weighted by Crippen LogP contribution is 2.19. The van der Waals surface area contributed by atoms with Gasteiger partial charge in [0.2, 0.25) is 11.8 Å². The van der Waals surface area contributed by atoms with Crippen molar-refractivity contribution in [3.8, 4) is 5.75 Å². The fourth-order valence-corrected chi connectivity index (χ4v) is 2.03. The van der Waals surface area contributed by atoms with Crippen LogP contribution in [0.5, 0.6) is 5.75 Å². The molecule has 0 bridgehead atoms. The van der Waals surface area contributed by atoms with Gasteiger partial charge >= 0.3 is 0 Å². The standard InChI is InChI=1S/C14H18N2O3/c1-14(2)13(18)16(12(17)8-15-14)9-10-5-4-6-11(7-10)19-3/h4-7,15H,8-9H2,1-3H3. The van der Waals surface area contributed by atoms with Crippen LogP contribution < -0.4 is 10.1 Å². The van der Waals surface area contributed by atoms with Crippen LogP contribution in [0.4, 0.5) is 0 Å². The molecule has 0 spiro atoms. The Labute approximate surface area is 112 Å². The normalized spacial score (nSPS) is 18.6. The van der Waals surface area contributed by atoms with Gasteiger partial charge in [-0.1, -0.05) is 12.1 Å². The minimum atomic E-state index is -0.702. The Morgan fingerprint density at radius 3 is 2.79 bits per heavy atom. The van der Waals surface area contributed by atoms with E-state index in [4.69, 9.17) is 4.74 Å². The highest BCUT2D eigenvalue weighted by Gasteiger charge is 2.39. The third-order valence-electron chi connectivity index (χ3n) is 3.24. The molecule has 2 rings (SSSR count). The van der Waals surface area contributed by atoms with Gasteiger partial charge in [-0.3, -0.25) is 19.8 Å². The largest absolute Gasteiger partial charge is 0.497 e. The lowest BCUT2D eigenvalue weighted by molar-refractivity contribution is -0.153. The molecule has 2 amide bonds. The van der Waals surface area contributed by atoms with Gasteiger partial charge in [-0.25, -0.2) is 0 Å². The lowest BCUT2D eigenvalue weighted by Gasteiger charge is -2.36. The van der Waals surface area contributed by atoms with E-state index >= 15 is 0 Å². The zero-order valence-corrected chi connectivity index (χ0v) is 11.4. The molecule has 1 saturated heterocycles. The van der Waals surface area contributed by atoms with Crippen molar-refractivity contribution in [1.29, 1.82) is 0 Å². The van der Waals surface area contributed by atoms with Gasteiger partial charge in [0.05, 0.1) is 25.7 Å². The van der Waals surface area contributed by atoms with E-state index in [9.17, 15) is 9.59 Å². The number of amides is 2. The number of methoxy groups -OCH3 is 1. The number of carbonyl (C=O) groups excluding carboxylic acids is 2. The topological polar surface area (TPSA) is 58.6 Å². The lowest BCUT2D eigenvalue weighted by atomic mass is 10.00. The molecular formula is C14H18N2O3. The summed E-state index contributed by atoms with van der Waals surface area (Å²) in [5.74, 6) is 0.311. The number of benzene rings is 1. The Morgan fingerprint density at radius 1 is 1.37 bits per heavy atom. The number of hydrogen-bond donors (Lipinski definition) is 1. The van der Waals surface area contributed by atoms with Crippen molar-refractivity contribution < 1.29 is 14.3 Å². The molecule has 0 aliphatic carbocycles. The van der Waals surface area contributed by atoms with E-state index < -0.39 is 5.54 Å². The smallest absolute Gasteiger partial charge is 0.249 e. The van der Waals surface area contributed by atoms with Crippen LogP contribution in [0, 0.1) is 0 Å². The zero-order chi connectivity index (χ0) is 14.0. The molecule has 0 atom stereocenters. The predicted octanol–water partition coefficient (Wildman–Crippen LogP) is 0.932. The number of hydrogen-bond acceptors (Lipinski definition) is 4. The van der Waals surface area contributed by atoms with Crippen molar-refractivity contribution in [3.63, 3.8) is 0 Å². The maximum Gasteiger partial charge on any atom is 0.249 e. The summed E-state index contributed by atoms with van der Waals surface area (Å²) < 4.78 is 5.14. The summed E-state index contributed by atoms with van der Waals surface area (Å²) in [6, 6.07) is 7.37. The van der Waals surface area contributed by atoms with Crippen molar-refractivity contribution in [3.05, 3.63) is 29.8 Å². The summed E-state index contributed by atoms with van der Waals surface area (Å²) >= 11 is 0. The lowest BCUT2D eigenvalue weighted by Crippen LogP contribution is -2.63. The van der Waals surface area contributed by atoms with Crippen molar-refractivity contribution >= 4 is 11.8 Å².